The second-order valence-electron chi connectivity index (χ2n) is 7.52. The van der Waals surface area contributed by atoms with E-state index in [9.17, 15) is 14.4 Å². The Kier molecular flexibility index (Phi) is 5.37. The molecule has 6 heteroatoms. The molecule has 0 aliphatic carbocycles. The zero-order valence-electron chi connectivity index (χ0n) is 15.6. The van der Waals surface area contributed by atoms with E-state index in [2.05, 4.69) is 26.1 Å². The van der Waals surface area contributed by atoms with Crippen LogP contribution in [0.1, 0.15) is 42.3 Å². The summed E-state index contributed by atoms with van der Waals surface area (Å²) in [6, 6.07) is 14.8. The van der Waals surface area contributed by atoms with Gasteiger partial charge in [0.25, 0.3) is 11.1 Å². The smallest absolute Gasteiger partial charge is 0.289 e. The number of carbonyl (C=O) groups excluding carboxylic acids is 3. The zero-order valence-corrected chi connectivity index (χ0v) is 16.4. The first-order valence-corrected chi connectivity index (χ1v) is 9.70. The van der Waals surface area contributed by atoms with Crippen LogP contribution in [0.5, 0.6) is 0 Å². The van der Waals surface area contributed by atoms with Gasteiger partial charge in [0.1, 0.15) is 0 Å². The lowest BCUT2D eigenvalue weighted by Crippen LogP contribution is -2.28. The van der Waals surface area contributed by atoms with Crippen molar-refractivity contribution in [1.82, 2.24) is 4.90 Å². The summed E-state index contributed by atoms with van der Waals surface area (Å²) in [5, 5.41) is 2.64. The molecule has 1 N–H and O–H groups in total. The number of thioether (sulfide) groups is 1. The summed E-state index contributed by atoms with van der Waals surface area (Å²) in [5.74, 6) is -0.239. The third kappa shape index (κ3) is 4.57. The number of amides is 3. The van der Waals surface area contributed by atoms with Gasteiger partial charge in [-0.05, 0) is 40.8 Å². The predicted molar refractivity (Wildman–Crippen MR) is 108 cm³/mol. The van der Waals surface area contributed by atoms with Gasteiger partial charge < -0.3 is 5.32 Å². The third-order valence-corrected chi connectivity index (χ3v) is 5.24. The number of hydrogen-bond acceptors (Lipinski definition) is 4. The maximum Gasteiger partial charge on any atom is 0.289 e. The maximum absolute atomic E-state index is 12.6. The van der Waals surface area contributed by atoms with E-state index in [0.29, 0.717) is 5.56 Å². The van der Waals surface area contributed by atoms with E-state index in [0.717, 1.165) is 23.0 Å². The predicted octanol–water partition coefficient (Wildman–Crippen LogP) is 4.43. The van der Waals surface area contributed by atoms with Gasteiger partial charge in [-0.25, -0.2) is 0 Å². The maximum atomic E-state index is 12.6. The largest absolute Gasteiger partial charge is 0.322 e. The summed E-state index contributed by atoms with van der Waals surface area (Å²) >= 11 is 1.01. The summed E-state index contributed by atoms with van der Waals surface area (Å²) < 4.78 is 0. The normalized spacial score (nSPS) is 14.6. The molecule has 3 rings (SSSR count). The molecule has 0 radical (unpaired) electrons. The van der Waals surface area contributed by atoms with Crippen molar-refractivity contribution in [3.05, 3.63) is 65.2 Å². The minimum absolute atomic E-state index is 0.0552. The van der Waals surface area contributed by atoms with Gasteiger partial charge in [-0.15, -0.1) is 0 Å². The van der Waals surface area contributed by atoms with Crippen molar-refractivity contribution in [2.45, 2.75) is 32.7 Å². The highest BCUT2D eigenvalue weighted by Crippen LogP contribution is 2.24. The van der Waals surface area contributed by atoms with Crippen molar-refractivity contribution in [3.8, 4) is 0 Å². The molecule has 2 aromatic rings. The summed E-state index contributed by atoms with van der Waals surface area (Å²) in [6.07, 6.45) is 0. The van der Waals surface area contributed by atoms with Crippen LogP contribution in [0.3, 0.4) is 0 Å². The van der Waals surface area contributed by atoms with E-state index in [1.807, 2.05) is 24.3 Å². The Morgan fingerprint density at radius 1 is 1.11 bits per heavy atom. The van der Waals surface area contributed by atoms with Crippen LogP contribution in [-0.4, -0.2) is 27.7 Å². The van der Waals surface area contributed by atoms with Crippen LogP contribution >= 0.6 is 11.8 Å². The topological polar surface area (TPSA) is 66.5 Å². The molecule has 0 atom stereocenters. The number of rotatable bonds is 4. The van der Waals surface area contributed by atoms with Crippen molar-refractivity contribution in [3.63, 3.8) is 0 Å². The van der Waals surface area contributed by atoms with E-state index >= 15 is 0 Å². The molecule has 1 saturated heterocycles. The SMILES string of the molecule is CC(C)(C)c1ccc(NC(=O)c2cccc(CN3C(=O)CSC3=O)c2)cc1. The first-order valence-electron chi connectivity index (χ1n) is 8.72. The Morgan fingerprint density at radius 2 is 1.81 bits per heavy atom. The minimum Gasteiger partial charge on any atom is -0.322 e. The number of imide groups is 1. The fourth-order valence-electron chi connectivity index (χ4n) is 2.78. The van der Waals surface area contributed by atoms with Crippen molar-refractivity contribution >= 4 is 34.5 Å². The fraction of sp³-hybridized carbons (Fsp3) is 0.286. The highest BCUT2D eigenvalue weighted by molar-refractivity contribution is 8.14. The molecular formula is C21H22N2O3S. The van der Waals surface area contributed by atoms with Gasteiger partial charge in [0.2, 0.25) is 5.91 Å². The van der Waals surface area contributed by atoms with E-state index in [1.165, 1.54) is 10.5 Å². The Bertz CT molecular complexity index is 869. The number of hydrogen-bond donors (Lipinski definition) is 1. The van der Waals surface area contributed by atoms with E-state index < -0.39 is 0 Å². The number of nitrogens with one attached hydrogen (secondary N) is 1. The van der Waals surface area contributed by atoms with Gasteiger partial charge in [-0.1, -0.05) is 56.8 Å². The van der Waals surface area contributed by atoms with Crippen molar-refractivity contribution in [1.29, 1.82) is 0 Å². The van der Waals surface area contributed by atoms with Gasteiger partial charge in [0.15, 0.2) is 0 Å². The van der Waals surface area contributed by atoms with Gasteiger partial charge in [-0.3, -0.25) is 19.3 Å². The number of carbonyl (C=O) groups is 3. The van der Waals surface area contributed by atoms with Gasteiger partial charge in [0.05, 0.1) is 12.3 Å². The number of nitrogens with zero attached hydrogens (tertiary/aromatic N) is 1. The van der Waals surface area contributed by atoms with Crippen LogP contribution in [0.2, 0.25) is 0 Å². The van der Waals surface area contributed by atoms with Crippen LogP contribution in [0.4, 0.5) is 10.5 Å². The van der Waals surface area contributed by atoms with E-state index in [-0.39, 0.29) is 34.8 Å². The highest BCUT2D eigenvalue weighted by Gasteiger charge is 2.29. The molecule has 0 aromatic heterocycles. The molecule has 140 valence electrons. The molecule has 0 unspecified atom stereocenters. The van der Waals surface area contributed by atoms with Crippen molar-refractivity contribution in [2.75, 3.05) is 11.1 Å². The van der Waals surface area contributed by atoms with Crippen LogP contribution < -0.4 is 5.32 Å². The minimum atomic E-state index is -0.242. The van der Waals surface area contributed by atoms with Crippen LogP contribution in [0.15, 0.2) is 48.5 Å². The molecule has 1 heterocycles. The van der Waals surface area contributed by atoms with E-state index in [4.69, 9.17) is 0 Å². The monoisotopic (exact) mass is 382 g/mol. The number of benzene rings is 2. The molecule has 5 nitrogen and oxygen atoms in total. The lowest BCUT2D eigenvalue weighted by atomic mass is 9.87. The van der Waals surface area contributed by atoms with Crippen molar-refractivity contribution in [2.24, 2.45) is 0 Å². The molecule has 27 heavy (non-hydrogen) atoms. The quantitative estimate of drug-likeness (QED) is 0.849. The first kappa shape index (κ1) is 19.2. The fourth-order valence-corrected chi connectivity index (χ4v) is 3.51. The lowest BCUT2D eigenvalue weighted by Gasteiger charge is -2.19. The van der Waals surface area contributed by atoms with Crippen molar-refractivity contribution < 1.29 is 14.4 Å². The lowest BCUT2D eigenvalue weighted by molar-refractivity contribution is -0.125. The number of anilines is 1. The van der Waals surface area contributed by atoms with Crippen LogP contribution in [0.25, 0.3) is 0 Å². The molecule has 2 aromatic carbocycles. The molecule has 1 fully saturated rings. The van der Waals surface area contributed by atoms with Crippen LogP contribution in [0, 0.1) is 0 Å². The van der Waals surface area contributed by atoms with Gasteiger partial charge in [-0.2, -0.15) is 0 Å². The Hall–Kier alpha value is -2.60. The molecule has 3 amide bonds. The first-order chi connectivity index (χ1) is 12.7. The van der Waals surface area contributed by atoms with Gasteiger partial charge >= 0.3 is 0 Å². The second-order valence-corrected chi connectivity index (χ2v) is 8.44. The Labute approximate surface area is 163 Å². The summed E-state index contributed by atoms with van der Waals surface area (Å²) in [4.78, 5) is 37.3. The highest BCUT2D eigenvalue weighted by atomic mass is 32.2. The third-order valence-electron chi connectivity index (χ3n) is 4.38. The molecule has 0 spiro atoms. The Balaban J connectivity index is 1.70. The second kappa shape index (κ2) is 7.56. The average molecular weight is 382 g/mol. The molecular weight excluding hydrogens is 360 g/mol. The van der Waals surface area contributed by atoms with E-state index in [1.54, 1.807) is 24.3 Å². The summed E-state index contributed by atoms with van der Waals surface area (Å²) in [7, 11) is 0. The molecule has 1 aliphatic rings. The van der Waals surface area contributed by atoms with Crippen LogP contribution in [-0.2, 0) is 16.8 Å². The molecule has 0 saturated carbocycles. The molecule has 1 aliphatic heterocycles. The standard InChI is InChI=1S/C21H22N2O3S/c1-21(2,3)16-7-9-17(10-8-16)22-19(25)15-6-4-5-14(11-15)12-23-18(24)13-27-20(23)26/h4-11H,12-13H2,1-3H3,(H,22,25). The average Bonchev–Trinajstić information content (AvgIpc) is 2.94. The zero-order chi connectivity index (χ0) is 19.6. The molecule has 0 bridgehead atoms. The van der Waals surface area contributed by atoms with Gasteiger partial charge in [0, 0.05) is 11.3 Å². The Morgan fingerprint density at radius 3 is 2.41 bits per heavy atom. The summed E-state index contributed by atoms with van der Waals surface area (Å²) in [5.41, 5.74) is 3.20. The summed E-state index contributed by atoms with van der Waals surface area (Å²) in [6.45, 7) is 6.60.